The van der Waals surface area contributed by atoms with E-state index in [-0.39, 0.29) is 5.54 Å². The van der Waals surface area contributed by atoms with Crippen molar-refractivity contribution in [3.8, 4) is 0 Å². The highest BCUT2D eigenvalue weighted by molar-refractivity contribution is 5.14. The van der Waals surface area contributed by atoms with Crippen molar-refractivity contribution < 1.29 is 4.74 Å². The van der Waals surface area contributed by atoms with Gasteiger partial charge in [-0.25, -0.2) is 0 Å². The second kappa shape index (κ2) is 7.90. The second-order valence-corrected chi connectivity index (χ2v) is 6.09. The Morgan fingerprint density at radius 3 is 2.38 bits per heavy atom. The minimum absolute atomic E-state index is 0.0329. The Bertz CT molecular complexity index is 404. The summed E-state index contributed by atoms with van der Waals surface area (Å²) in [6.07, 6.45) is 0. The molecule has 1 heterocycles. The Labute approximate surface area is 128 Å². The molecule has 1 saturated heterocycles. The van der Waals surface area contributed by atoms with E-state index in [0.29, 0.717) is 6.54 Å². The van der Waals surface area contributed by atoms with E-state index in [1.807, 2.05) is 6.92 Å². The molecule has 0 aliphatic carbocycles. The van der Waals surface area contributed by atoms with Crippen LogP contribution in [0.5, 0.6) is 0 Å². The molecule has 0 saturated carbocycles. The van der Waals surface area contributed by atoms with Gasteiger partial charge in [-0.3, -0.25) is 9.80 Å². The fraction of sp³-hybridized carbons (Fsp3) is 0.647. The van der Waals surface area contributed by atoms with Crippen molar-refractivity contribution in [2.45, 2.75) is 25.9 Å². The van der Waals surface area contributed by atoms with Crippen molar-refractivity contribution in [2.75, 3.05) is 45.9 Å². The first kappa shape index (κ1) is 16.4. The van der Waals surface area contributed by atoms with Gasteiger partial charge in [-0.2, -0.15) is 0 Å². The molecule has 2 N–H and O–H groups in total. The molecule has 0 amide bonds. The number of rotatable bonds is 7. The summed E-state index contributed by atoms with van der Waals surface area (Å²) in [5.74, 6) is 0. The largest absolute Gasteiger partial charge is 0.380 e. The van der Waals surface area contributed by atoms with Crippen LogP contribution in [0.4, 0.5) is 0 Å². The Kier molecular flexibility index (Phi) is 6.18. The van der Waals surface area contributed by atoms with Gasteiger partial charge in [0.25, 0.3) is 0 Å². The van der Waals surface area contributed by atoms with E-state index in [9.17, 15) is 0 Å². The molecule has 0 aromatic heterocycles. The lowest BCUT2D eigenvalue weighted by Crippen LogP contribution is -2.60. The molecule has 1 unspecified atom stereocenters. The lowest BCUT2D eigenvalue weighted by atomic mass is 10.00. The third-order valence-electron chi connectivity index (χ3n) is 4.44. The highest BCUT2D eigenvalue weighted by Crippen LogP contribution is 2.18. The Balaban J connectivity index is 1.84. The Hall–Kier alpha value is -0.940. The summed E-state index contributed by atoms with van der Waals surface area (Å²) in [5, 5.41) is 0. The van der Waals surface area contributed by atoms with Gasteiger partial charge in [0.05, 0.1) is 12.1 Å². The van der Waals surface area contributed by atoms with Crippen LogP contribution in [0.1, 0.15) is 19.4 Å². The first-order valence-electron chi connectivity index (χ1n) is 7.97. The molecular weight excluding hydrogens is 262 g/mol. The summed E-state index contributed by atoms with van der Waals surface area (Å²) in [6, 6.07) is 10.7. The smallest absolute Gasteiger partial charge is 0.0659 e. The maximum absolute atomic E-state index is 6.00. The van der Waals surface area contributed by atoms with E-state index >= 15 is 0 Å². The number of benzene rings is 1. The number of hydrogen-bond donors (Lipinski definition) is 1. The van der Waals surface area contributed by atoms with Gasteiger partial charge >= 0.3 is 0 Å². The third-order valence-corrected chi connectivity index (χ3v) is 4.44. The van der Waals surface area contributed by atoms with Crippen LogP contribution >= 0.6 is 0 Å². The molecule has 1 aromatic carbocycles. The van der Waals surface area contributed by atoms with Gasteiger partial charge in [-0.1, -0.05) is 30.3 Å². The molecule has 1 aromatic rings. The molecule has 0 radical (unpaired) electrons. The lowest BCUT2D eigenvalue weighted by molar-refractivity contribution is -0.0157. The summed E-state index contributed by atoms with van der Waals surface area (Å²) in [4.78, 5) is 5.01. The van der Waals surface area contributed by atoms with Gasteiger partial charge in [0.15, 0.2) is 0 Å². The number of ether oxygens (including phenoxy) is 1. The van der Waals surface area contributed by atoms with E-state index in [1.54, 1.807) is 0 Å². The summed E-state index contributed by atoms with van der Waals surface area (Å²) < 4.78 is 5.63. The average Bonchev–Trinajstić information content (AvgIpc) is 2.54. The van der Waals surface area contributed by atoms with Crippen LogP contribution in [0.25, 0.3) is 0 Å². The van der Waals surface area contributed by atoms with Crippen molar-refractivity contribution in [1.29, 1.82) is 0 Å². The van der Waals surface area contributed by atoms with Crippen LogP contribution in [-0.2, 0) is 11.3 Å². The maximum Gasteiger partial charge on any atom is 0.0659 e. The Morgan fingerprint density at radius 1 is 1.14 bits per heavy atom. The van der Waals surface area contributed by atoms with Gasteiger partial charge < -0.3 is 10.5 Å². The van der Waals surface area contributed by atoms with Crippen molar-refractivity contribution in [2.24, 2.45) is 5.73 Å². The minimum atomic E-state index is -0.0329. The van der Waals surface area contributed by atoms with Crippen LogP contribution in [0.2, 0.25) is 0 Å². The first-order chi connectivity index (χ1) is 10.2. The van der Waals surface area contributed by atoms with Crippen molar-refractivity contribution >= 4 is 0 Å². The number of nitrogens with two attached hydrogens (primary N) is 1. The fourth-order valence-electron chi connectivity index (χ4n) is 2.89. The lowest BCUT2D eigenvalue weighted by Gasteiger charge is -2.45. The molecule has 1 atom stereocenters. The standard InChI is InChI=1S/C17H29N3O/c1-3-21-15-17(2,14-18)20-11-9-19(10-12-20)13-16-7-5-4-6-8-16/h4-8H,3,9-15,18H2,1-2H3. The monoisotopic (exact) mass is 291 g/mol. The summed E-state index contributed by atoms with van der Waals surface area (Å²) in [6.45, 7) is 11.7. The zero-order chi connectivity index (χ0) is 15.1. The fourth-order valence-corrected chi connectivity index (χ4v) is 2.89. The quantitative estimate of drug-likeness (QED) is 0.828. The molecule has 4 heteroatoms. The van der Waals surface area contributed by atoms with E-state index in [0.717, 1.165) is 45.9 Å². The normalized spacial score (nSPS) is 20.3. The van der Waals surface area contributed by atoms with Gasteiger partial charge in [0.1, 0.15) is 0 Å². The van der Waals surface area contributed by atoms with Gasteiger partial charge in [-0.15, -0.1) is 0 Å². The first-order valence-corrected chi connectivity index (χ1v) is 7.97. The molecule has 0 spiro atoms. The predicted molar refractivity (Wildman–Crippen MR) is 87.2 cm³/mol. The molecule has 118 valence electrons. The zero-order valence-corrected chi connectivity index (χ0v) is 13.4. The topological polar surface area (TPSA) is 41.7 Å². The molecule has 4 nitrogen and oxygen atoms in total. The van der Waals surface area contributed by atoms with Gasteiger partial charge in [0, 0.05) is 45.9 Å². The molecule has 1 fully saturated rings. The summed E-state index contributed by atoms with van der Waals surface area (Å²) in [7, 11) is 0. The summed E-state index contributed by atoms with van der Waals surface area (Å²) >= 11 is 0. The van der Waals surface area contributed by atoms with Gasteiger partial charge in [-0.05, 0) is 19.4 Å². The predicted octanol–water partition coefficient (Wildman–Crippen LogP) is 1.56. The van der Waals surface area contributed by atoms with Crippen LogP contribution in [0.15, 0.2) is 30.3 Å². The molecule has 21 heavy (non-hydrogen) atoms. The molecule has 0 bridgehead atoms. The van der Waals surface area contributed by atoms with Gasteiger partial charge in [0.2, 0.25) is 0 Å². The van der Waals surface area contributed by atoms with Crippen LogP contribution in [-0.4, -0.2) is 61.3 Å². The molecule has 1 aliphatic heterocycles. The van der Waals surface area contributed by atoms with Crippen LogP contribution in [0, 0.1) is 0 Å². The molecular formula is C17H29N3O. The summed E-state index contributed by atoms with van der Waals surface area (Å²) in [5.41, 5.74) is 7.36. The SMILES string of the molecule is CCOCC(C)(CN)N1CCN(Cc2ccccc2)CC1. The average molecular weight is 291 g/mol. The minimum Gasteiger partial charge on any atom is -0.380 e. The zero-order valence-electron chi connectivity index (χ0n) is 13.4. The second-order valence-electron chi connectivity index (χ2n) is 6.09. The van der Waals surface area contributed by atoms with E-state index in [4.69, 9.17) is 10.5 Å². The number of nitrogens with zero attached hydrogens (tertiary/aromatic N) is 2. The van der Waals surface area contributed by atoms with E-state index in [2.05, 4.69) is 47.1 Å². The van der Waals surface area contributed by atoms with Crippen LogP contribution in [0.3, 0.4) is 0 Å². The molecule has 1 aliphatic rings. The highest BCUT2D eigenvalue weighted by Gasteiger charge is 2.33. The van der Waals surface area contributed by atoms with E-state index in [1.165, 1.54) is 5.56 Å². The van der Waals surface area contributed by atoms with E-state index < -0.39 is 0 Å². The van der Waals surface area contributed by atoms with Crippen molar-refractivity contribution in [3.63, 3.8) is 0 Å². The maximum atomic E-state index is 6.00. The number of piperazine rings is 1. The highest BCUT2D eigenvalue weighted by atomic mass is 16.5. The Morgan fingerprint density at radius 2 is 1.81 bits per heavy atom. The van der Waals surface area contributed by atoms with Crippen molar-refractivity contribution in [1.82, 2.24) is 9.80 Å². The number of hydrogen-bond acceptors (Lipinski definition) is 4. The van der Waals surface area contributed by atoms with Crippen LogP contribution < -0.4 is 5.73 Å². The molecule has 2 rings (SSSR count). The third kappa shape index (κ3) is 4.51. The van der Waals surface area contributed by atoms with Crippen molar-refractivity contribution in [3.05, 3.63) is 35.9 Å².